The maximum absolute atomic E-state index is 10.6. The Morgan fingerprint density at radius 2 is 2.33 bits per heavy atom. The van der Waals surface area contributed by atoms with Crippen LogP contribution in [0.15, 0.2) is 18.2 Å². The second-order valence-electron chi connectivity index (χ2n) is 4.78. The number of carboxylic acids is 1. The first-order valence-corrected chi connectivity index (χ1v) is 7.70. The molecule has 0 saturated heterocycles. The Balaban J connectivity index is 2.08. The minimum Gasteiger partial charge on any atom is -0.481 e. The maximum Gasteiger partial charge on any atom is 0.304 e. The van der Waals surface area contributed by atoms with Crippen LogP contribution in [0.25, 0.3) is 0 Å². The van der Waals surface area contributed by atoms with Gasteiger partial charge in [-0.3, -0.25) is 4.79 Å². The summed E-state index contributed by atoms with van der Waals surface area (Å²) in [4.78, 5) is 10.6. The third-order valence-electron chi connectivity index (χ3n) is 3.51. The Hall–Kier alpha value is -0.960. The average molecular weight is 264 g/mol. The van der Waals surface area contributed by atoms with Gasteiger partial charge in [0.05, 0.1) is 6.42 Å². The Morgan fingerprint density at radius 1 is 1.50 bits per heavy atom. The van der Waals surface area contributed by atoms with Gasteiger partial charge in [-0.1, -0.05) is 25.1 Å². The van der Waals surface area contributed by atoms with Gasteiger partial charge in [0.2, 0.25) is 0 Å². The quantitative estimate of drug-likeness (QED) is 0.878. The number of fused-ring (bicyclic) bond motifs is 1. The zero-order valence-electron chi connectivity index (χ0n) is 10.8. The van der Waals surface area contributed by atoms with Crippen LogP contribution in [0.2, 0.25) is 0 Å². The van der Waals surface area contributed by atoms with E-state index in [1.165, 1.54) is 36.0 Å². The van der Waals surface area contributed by atoms with E-state index in [0.29, 0.717) is 5.25 Å². The predicted octanol–water partition coefficient (Wildman–Crippen LogP) is 3.83. The third-order valence-corrected chi connectivity index (χ3v) is 4.84. The molecular weight excluding hydrogens is 244 g/mol. The Kier molecular flexibility index (Phi) is 4.70. The van der Waals surface area contributed by atoms with E-state index in [0.717, 1.165) is 12.2 Å². The molecule has 0 fully saturated rings. The van der Waals surface area contributed by atoms with Crippen LogP contribution in [0.1, 0.15) is 48.1 Å². The number of rotatable bonds is 5. The van der Waals surface area contributed by atoms with Crippen LogP contribution >= 0.6 is 11.8 Å². The zero-order valence-corrected chi connectivity index (χ0v) is 11.6. The lowest BCUT2D eigenvalue weighted by Crippen LogP contribution is -2.09. The Morgan fingerprint density at radius 3 is 3.06 bits per heavy atom. The van der Waals surface area contributed by atoms with Crippen molar-refractivity contribution in [2.24, 2.45) is 0 Å². The highest BCUT2D eigenvalue weighted by Crippen LogP contribution is 2.40. The largest absolute Gasteiger partial charge is 0.481 e. The molecule has 0 heterocycles. The normalized spacial score (nSPS) is 18.4. The first-order valence-electron chi connectivity index (χ1n) is 6.65. The molecule has 1 atom stereocenters. The van der Waals surface area contributed by atoms with Gasteiger partial charge in [0.25, 0.3) is 0 Å². The van der Waals surface area contributed by atoms with Crippen LogP contribution in [0.5, 0.6) is 0 Å². The van der Waals surface area contributed by atoms with Crippen LogP contribution in [0.4, 0.5) is 0 Å². The van der Waals surface area contributed by atoms with Gasteiger partial charge in [0.1, 0.15) is 0 Å². The number of thioether (sulfide) groups is 1. The molecule has 1 aromatic carbocycles. The van der Waals surface area contributed by atoms with Crippen LogP contribution in [-0.2, 0) is 17.6 Å². The molecule has 98 valence electrons. The van der Waals surface area contributed by atoms with E-state index in [1.807, 2.05) is 0 Å². The van der Waals surface area contributed by atoms with Crippen molar-refractivity contribution in [1.82, 2.24) is 0 Å². The summed E-state index contributed by atoms with van der Waals surface area (Å²) in [5.74, 6) is 0.0244. The summed E-state index contributed by atoms with van der Waals surface area (Å²) < 4.78 is 0. The van der Waals surface area contributed by atoms with Crippen LogP contribution < -0.4 is 0 Å². The minimum absolute atomic E-state index is 0.268. The average Bonchev–Trinajstić information content (AvgIpc) is 2.38. The van der Waals surface area contributed by atoms with E-state index in [4.69, 9.17) is 5.11 Å². The predicted molar refractivity (Wildman–Crippen MR) is 76.2 cm³/mol. The van der Waals surface area contributed by atoms with Crippen molar-refractivity contribution in [2.75, 3.05) is 5.75 Å². The van der Waals surface area contributed by atoms with E-state index < -0.39 is 5.97 Å². The third kappa shape index (κ3) is 3.29. The molecule has 0 bridgehead atoms. The standard InChI is InChI=1S/C15H20O2S/c1-2-11-6-7-12-4-3-5-14(13(12)10-11)18-9-8-15(16)17/h6-7,10,14H,2-5,8-9H2,1H3,(H,16,17). The molecule has 0 amide bonds. The molecule has 0 spiro atoms. The number of carbonyl (C=O) groups is 1. The lowest BCUT2D eigenvalue weighted by atomic mass is 9.89. The first kappa shape index (κ1) is 13.5. The monoisotopic (exact) mass is 264 g/mol. The van der Waals surface area contributed by atoms with E-state index >= 15 is 0 Å². The van der Waals surface area contributed by atoms with E-state index in [1.54, 1.807) is 11.8 Å². The van der Waals surface area contributed by atoms with Crippen LogP contribution in [-0.4, -0.2) is 16.8 Å². The van der Waals surface area contributed by atoms with Crippen molar-refractivity contribution in [1.29, 1.82) is 0 Å². The number of aliphatic carboxylic acids is 1. The zero-order chi connectivity index (χ0) is 13.0. The molecule has 0 aromatic heterocycles. The molecule has 1 aliphatic rings. The van der Waals surface area contributed by atoms with Crippen molar-refractivity contribution < 1.29 is 9.90 Å². The summed E-state index contributed by atoms with van der Waals surface area (Å²) in [6.45, 7) is 2.18. The summed E-state index contributed by atoms with van der Waals surface area (Å²) in [6, 6.07) is 6.81. The van der Waals surface area contributed by atoms with Crippen molar-refractivity contribution >= 4 is 17.7 Å². The van der Waals surface area contributed by atoms with Gasteiger partial charge < -0.3 is 5.11 Å². The molecule has 1 N–H and O–H groups in total. The minimum atomic E-state index is -0.694. The molecule has 0 aliphatic heterocycles. The highest BCUT2D eigenvalue weighted by molar-refractivity contribution is 7.99. The summed E-state index contributed by atoms with van der Waals surface area (Å²) in [5.41, 5.74) is 4.31. The Bertz CT molecular complexity index is 429. The highest BCUT2D eigenvalue weighted by Gasteiger charge is 2.20. The molecule has 0 saturated carbocycles. The smallest absolute Gasteiger partial charge is 0.304 e. The number of hydrogen-bond donors (Lipinski definition) is 1. The number of hydrogen-bond acceptors (Lipinski definition) is 2. The van der Waals surface area contributed by atoms with E-state index in [2.05, 4.69) is 25.1 Å². The van der Waals surface area contributed by atoms with Crippen molar-refractivity contribution in [2.45, 2.75) is 44.3 Å². The fourth-order valence-corrected chi connectivity index (χ4v) is 3.80. The fraction of sp³-hybridized carbons (Fsp3) is 0.533. The van der Waals surface area contributed by atoms with Gasteiger partial charge in [0, 0.05) is 11.0 Å². The second kappa shape index (κ2) is 6.28. The van der Waals surface area contributed by atoms with Gasteiger partial charge in [-0.25, -0.2) is 0 Å². The van der Waals surface area contributed by atoms with Gasteiger partial charge >= 0.3 is 5.97 Å². The SMILES string of the molecule is CCc1ccc2c(c1)C(SCCC(=O)O)CCC2. The molecule has 3 heteroatoms. The topological polar surface area (TPSA) is 37.3 Å². The Labute approximate surface area is 113 Å². The summed E-state index contributed by atoms with van der Waals surface area (Å²) >= 11 is 1.81. The van der Waals surface area contributed by atoms with Gasteiger partial charge in [-0.2, -0.15) is 11.8 Å². The molecule has 1 unspecified atom stereocenters. The number of carboxylic acid groups (broad SMARTS) is 1. The maximum atomic E-state index is 10.6. The van der Waals surface area contributed by atoms with Gasteiger partial charge in [-0.05, 0) is 42.4 Å². The van der Waals surface area contributed by atoms with E-state index in [-0.39, 0.29) is 6.42 Å². The van der Waals surface area contributed by atoms with Crippen molar-refractivity contribution in [3.05, 3.63) is 34.9 Å². The second-order valence-corrected chi connectivity index (χ2v) is 6.09. The van der Waals surface area contributed by atoms with Crippen molar-refractivity contribution in [3.63, 3.8) is 0 Å². The van der Waals surface area contributed by atoms with Gasteiger partial charge in [0.15, 0.2) is 0 Å². The lowest BCUT2D eigenvalue weighted by Gasteiger charge is -2.25. The summed E-state index contributed by atoms with van der Waals surface area (Å²) in [6.07, 6.45) is 4.92. The first-order chi connectivity index (χ1) is 8.70. The molecule has 2 nitrogen and oxygen atoms in total. The summed E-state index contributed by atoms with van der Waals surface area (Å²) in [5, 5.41) is 9.21. The lowest BCUT2D eigenvalue weighted by molar-refractivity contribution is -0.136. The van der Waals surface area contributed by atoms with Crippen LogP contribution in [0.3, 0.4) is 0 Å². The van der Waals surface area contributed by atoms with Crippen LogP contribution in [0, 0.1) is 0 Å². The number of benzene rings is 1. The molecule has 1 aliphatic carbocycles. The summed E-state index contributed by atoms with van der Waals surface area (Å²) in [7, 11) is 0. The molecule has 0 radical (unpaired) electrons. The molecule has 2 rings (SSSR count). The highest BCUT2D eigenvalue weighted by atomic mass is 32.2. The molecular formula is C15H20O2S. The van der Waals surface area contributed by atoms with Gasteiger partial charge in [-0.15, -0.1) is 0 Å². The van der Waals surface area contributed by atoms with Crippen molar-refractivity contribution in [3.8, 4) is 0 Å². The molecule has 18 heavy (non-hydrogen) atoms. The van der Waals surface area contributed by atoms with E-state index in [9.17, 15) is 4.79 Å². The number of aryl methyl sites for hydroxylation is 2. The fourth-order valence-electron chi connectivity index (χ4n) is 2.49. The molecule has 1 aromatic rings.